The molecule has 0 bridgehead atoms. The van der Waals surface area contributed by atoms with Crippen molar-refractivity contribution in [1.29, 1.82) is 0 Å². The minimum atomic E-state index is -0.543. The molecule has 1 amide bonds. The van der Waals surface area contributed by atoms with E-state index in [0.29, 0.717) is 0 Å². The largest absolute Gasteiger partial charge is 0.477 e. The first-order valence-electron chi connectivity index (χ1n) is 8.22. The van der Waals surface area contributed by atoms with Gasteiger partial charge in [-0.15, -0.1) is 0 Å². The Kier molecular flexibility index (Phi) is 5.41. The van der Waals surface area contributed by atoms with Crippen LogP contribution in [0, 0.1) is 17.0 Å². The van der Waals surface area contributed by atoms with Gasteiger partial charge in [-0.25, -0.2) is 5.43 Å². The number of aryl methyl sites for hydroxylation is 1. The Morgan fingerprint density at radius 1 is 1.19 bits per heavy atom. The average Bonchev–Trinajstić information content (AvgIpc) is 2.67. The van der Waals surface area contributed by atoms with Gasteiger partial charge in [-0.05, 0) is 29.3 Å². The summed E-state index contributed by atoms with van der Waals surface area (Å²) in [4.78, 5) is 22.4. The lowest BCUT2D eigenvalue weighted by Gasteiger charge is -2.06. The van der Waals surface area contributed by atoms with Crippen LogP contribution in [0.2, 0.25) is 0 Å². The average molecular weight is 363 g/mol. The van der Waals surface area contributed by atoms with E-state index >= 15 is 0 Å². The highest BCUT2D eigenvalue weighted by atomic mass is 16.6. The molecule has 0 aromatic heterocycles. The van der Waals surface area contributed by atoms with Crippen LogP contribution in [0.15, 0.2) is 65.8 Å². The summed E-state index contributed by atoms with van der Waals surface area (Å²) < 4.78 is 5.26. The molecule has 0 unspecified atom stereocenters. The highest BCUT2D eigenvalue weighted by molar-refractivity contribution is 5.99. The maximum atomic E-state index is 11.9. The Labute approximate surface area is 155 Å². The topological polar surface area (TPSA) is 93.8 Å². The number of carbonyl (C=O) groups excluding carboxylic acids is 1. The standard InChI is InChI=1S/C20H17N3O4/c1-14-9-10-19(18(11-14)23(25)26)27-13-20(24)22-21-12-16-7-4-6-15-5-2-3-8-17(15)16/h2-12H,13H2,1H3,(H,22,24)/b21-12+. The maximum Gasteiger partial charge on any atom is 0.311 e. The Balaban J connectivity index is 1.62. The van der Waals surface area contributed by atoms with Crippen molar-refractivity contribution in [3.05, 3.63) is 81.9 Å². The highest BCUT2D eigenvalue weighted by Crippen LogP contribution is 2.27. The molecule has 3 aromatic carbocycles. The number of fused-ring (bicyclic) bond motifs is 1. The molecule has 0 heterocycles. The molecule has 0 atom stereocenters. The van der Waals surface area contributed by atoms with Crippen LogP contribution < -0.4 is 10.2 Å². The normalized spacial score (nSPS) is 10.9. The zero-order valence-corrected chi connectivity index (χ0v) is 14.6. The summed E-state index contributed by atoms with van der Waals surface area (Å²) >= 11 is 0. The first kappa shape index (κ1) is 18.1. The van der Waals surface area contributed by atoms with E-state index in [-0.39, 0.29) is 18.0 Å². The summed E-state index contributed by atoms with van der Waals surface area (Å²) in [5.74, 6) is -0.472. The highest BCUT2D eigenvalue weighted by Gasteiger charge is 2.16. The molecule has 0 aliphatic carbocycles. The molecule has 27 heavy (non-hydrogen) atoms. The van der Waals surface area contributed by atoms with Gasteiger partial charge in [-0.1, -0.05) is 48.5 Å². The lowest BCUT2D eigenvalue weighted by atomic mass is 10.1. The number of nitro groups is 1. The van der Waals surface area contributed by atoms with E-state index in [1.807, 2.05) is 42.5 Å². The van der Waals surface area contributed by atoms with E-state index < -0.39 is 10.8 Å². The Hall–Kier alpha value is -3.74. The summed E-state index contributed by atoms with van der Waals surface area (Å²) in [6, 6.07) is 18.2. The first-order valence-corrected chi connectivity index (χ1v) is 8.22. The molecular formula is C20H17N3O4. The van der Waals surface area contributed by atoms with Crippen molar-refractivity contribution in [3.8, 4) is 5.75 Å². The van der Waals surface area contributed by atoms with Gasteiger partial charge >= 0.3 is 5.69 Å². The maximum absolute atomic E-state index is 11.9. The molecular weight excluding hydrogens is 346 g/mol. The van der Waals surface area contributed by atoms with Crippen LogP contribution in [-0.2, 0) is 4.79 Å². The molecule has 0 saturated heterocycles. The number of ether oxygens (including phenoxy) is 1. The van der Waals surface area contributed by atoms with E-state index in [4.69, 9.17) is 4.74 Å². The van der Waals surface area contributed by atoms with Crippen LogP contribution >= 0.6 is 0 Å². The number of amides is 1. The van der Waals surface area contributed by atoms with Crippen molar-refractivity contribution < 1.29 is 14.5 Å². The second kappa shape index (κ2) is 8.09. The van der Waals surface area contributed by atoms with E-state index in [1.165, 1.54) is 12.1 Å². The number of benzene rings is 3. The molecule has 3 aromatic rings. The van der Waals surface area contributed by atoms with Crippen LogP contribution in [-0.4, -0.2) is 23.7 Å². The SMILES string of the molecule is Cc1ccc(OCC(=O)N/N=C/c2cccc3ccccc23)c([N+](=O)[O-])c1. The number of carbonyl (C=O) groups is 1. The zero-order valence-electron chi connectivity index (χ0n) is 14.6. The Morgan fingerprint density at radius 3 is 2.78 bits per heavy atom. The number of hydrogen-bond acceptors (Lipinski definition) is 5. The third-order valence-corrected chi connectivity index (χ3v) is 3.89. The predicted molar refractivity (Wildman–Crippen MR) is 103 cm³/mol. The third-order valence-electron chi connectivity index (χ3n) is 3.89. The van der Waals surface area contributed by atoms with Gasteiger partial charge in [0.25, 0.3) is 5.91 Å². The minimum absolute atomic E-state index is 0.0405. The van der Waals surface area contributed by atoms with Crippen molar-refractivity contribution in [2.24, 2.45) is 5.10 Å². The van der Waals surface area contributed by atoms with Gasteiger partial charge in [-0.2, -0.15) is 5.10 Å². The third kappa shape index (κ3) is 4.46. The quantitative estimate of drug-likeness (QED) is 0.411. The van der Waals surface area contributed by atoms with Crippen molar-refractivity contribution in [3.63, 3.8) is 0 Å². The fraction of sp³-hybridized carbons (Fsp3) is 0.100. The van der Waals surface area contributed by atoms with Gasteiger partial charge in [-0.3, -0.25) is 14.9 Å². The van der Waals surface area contributed by atoms with Crippen molar-refractivity contribution >= 4 is 28.6 Å². The Morgan fingerprint density at radius 2 is 1.96 bits per heavy atom. The lowest BCUT2D eigenvalue weighted by molar-refractivity contribution is -0.385. The van der Waals surface area contributed by atoms with Crippen molar-refractivity contribution in [2.45, 2.75) is 6.92 Å². The summed E-state index contributed by atoms with van der Waals surface area (Å²) in [5.41, 5.74) is 3.78. The summed E-state index contributed by atoms with van der Waals surface area (Å²) in [6.07, 6.45) is 1.55. The van der Waals surface area contributed by atoms with Gasteiger partial charge in [0.15, 0.2) is 12.4 Å². The molecule has 0 saturated carbocycles. The van der Waals surface area contributed by atoms with Crippen LogP contribution in [0.5, 0.6) is 5.75 Å². The fourth-order valence-electron chi connectivity index (χ4n) is 2.60. The molecule has 136 valence electrons. The van der Waals surface area contributed by atoms with E-state index in [0.717, 1.165) is 21.9 Å². The van der Waals surface area contributed by atoms with E-state index in [9.17, 15) is 14.9 Å². The molecule has 0 radical (unpaired) electrons. The number of rotatable bonds is 6. The van der Waals surface area contributed by atoms with Gasteiger partial charge in [0.2, 0.25) is 0 Å². The van der Waals surface area contributed by atoms with Gasteiger partial charge in [0.05, 0.1) is 11.1 Å². The smallest absolute Gasteiger partial charge is 0.311 e. The minimum Gasteiger partial charge on any atom is -0.477 e. The summed E-state index contributed by atoms with van der Waals surface area (Å²) in [7, 11) is 0. The van der Waals surface area contributed by atoms with E-state index in [2.05, 4.69) is 10.5 Å². The number of nitrogens with one attached hydrogen (secondary N) is 1. The molecule has 3 rings (SSSR count). The van der Waals surface area contributed by atoms with Crippen LogP contribution in [0.25, 0.3) is 10.8 Å². The number of nitrogens with zero attached hydrogens (tertiary/aromatic N) is 2. The number of hydrogen-bond donors (Lipinski definition) is 1. The van der Waals surface area contributed by atoms with Gasteiger partial charge < -0.3 is 4.74 Å². The lowest BCUT2D eigenvalue weighted by Crippen LogP contribution is -2.24. The van der Waals surface area contributed by atoms with Crippen LogP contribution in [0.4, 0.5) is 5.69 Å². The second-order valence-corrected chi connectivity index (χ2v) is 5.88. The van der Waals surface area contributed by atoms with Gasteiger partial charge in [0.1, 0.15) is 0 Å². The van der Waals surface area contributed by atoms with Crippen molar-refractivity contribution in [2.75, 3.05) is 6.61 Å². The zero-order chi connectivity index (χ0) is 19.2. The number of nitro benzene ring substituents is 1. The second-order valence-electron chi connectivity index (χ2n) is 5.88. The summed E-state index contributed by atoms with van der Waals surface area (Å²) in [6.45, 7) is 1.36. The monoisotopic (exact) mass is 363 g/mol. The Bertz CT molecular complexity index is 1030. The fourth-order valence-corrected chi connectivity index (χ4v) is 2.60. The van der Waals surface area contributed by atoms with Gasteiger partial charge in [0, 0.05) is 11.6 Å². The van der Waals surface area contributed by atoms with Crippen molar-refractivity contribution in [1.82, 2.24) is 5.43 Å². The van der Waals surface area contributed by atoms with Crippen LogP contribution in [0.1, 0.15) is 11.1 Å². The molecule has 0 spiro atoms. The predicted octanol–water partition coefficient (Wildman–Crippen LogP) is 3.59. The first-order chi connectivity index (χ1) is 13.0. The molecule has 1 N–H and O–H groups in total. The molecule has 7 nitrogen and oxygen atoms in total. The van der Waals surface area contributed by atoms with Crippen LogP contribution in [0.3, 0.4) is 0 Å². The molecule has 7 heteroatoms. The number of hydrazone groups is 1. The molecule has 0 fully saturated rings. The molecule has 0 aliphatic rings. The summed E-state index contributed by atoms with van der Waals surface area (Å²) in [5, 5.41) is 17.1. The molecule has 0 aliphatic heterocycles. The van der Waals surface area contributed by atoms with E-state index in [1.54, 1.807) is 19.2 Å².